The predicted octanol–water partition coefficient (Wildman–Crippen LogP) is 2.16. The molecule has 0 saturated carbocycles. The normalized spacial score (nSPS) is 18.1. The van der Waals surface area contributed by atoms with Gasteiger partial charge in [-0.15, -0.1) is 0 Å². The summed E-state index contributed by atoms with van der Waals surface area (Å²) in [5.74, 6) is -0.396. The molecule has 0 spiro atoms. The maximum Gasteiger partial charge on any atom is 0.167 e. The number of hydrogen-bond acceptors (Lipinski definition) is 3. The molecular weight excluding hydrogens is 201 g/mol. The summed E-state index contributed by atoms with van der Waals surface area (Å²) in [7, 11) is 0. The van der Waals surface area contributed by atoms with Gasteiger partial charge in [-0.3, -0.25) is 4.98 Å². The number of nitrogens with one attached hydrogen (secondary N) is 2. The first kappa shape index (κ1) is 9.33. The van der Waals surface area contributed by atoms with Gasteiger partial charge in [0.1, 0.15) is 10.7 Å². The van der Waals surface area contributed by atoms with Crippen LogP contribution in [0.3, 0.4) is 0 Å². The summed E-state index contributed by atoms with van der Waals surface area (Å²) < 4.78 is 13.3. The largest absolute Gasteiger partial charge is 0.371 e. The minimum Gasteiger partial charge on any atom is -0.371 e. The molecule has 2 rings (SSSR count). The molecule has 74 valence electrons. The molecule has 0 radical (unpaired) electrons. The van der Waals surface area contributed by atoms with Gasteiger partial charge in [-0.25, -0.2) is 4.39 Å². The number of aromatic nitrogens is 1. The summed E-state index contributed by atoms with van der Waals surface area (Å²) in [5, 5.41) is 5.99. The molecule has 0 saturated heterocycles. The van der Waals surface area contributed by atoms with Crippen LogP contribution in [0.5, 0.6) is 0 Å². The molecule has 0 fully saturated rings. The molecule has 0 bridgehead atoms. The zero-order chi connectivity index (χ0) is 10.3. The zero-order valence-electron chi connectivity index (χ0n) is 7.89. The highest BCUT2D eigenvalue weighted by atomic mass is 32.1. The van der Waals surface area contributed by atoms with Crippen LogP contribution in [-0.2, 0) is 0 Å². The third-order valence-electron chi connectivity index (χ3n) is 2.15. The molecule has 14 heavy (non-hydrogen) atoms. The number of nitrogens with zero attached hydrogens (tertiary/aromatic N) is 1. The molecular formula is C9H10FN3S. The van der Waals surface area contributed by atoms with E-state index in [4.69, 9.17) is 12.2 Å². The second kappa shape index (κ2) is 2.88. The van der Waals surface area contributed by atoms with E-state index in [1.807, 2.05) is 13.8 Å². The molecule has 1 aromatic heterocycles. The van der Waals surface area contributed by atoms with E-state index < -0.39 is 5.82 Å². The van der Waals surface area contributed by atoms with Crippen LogP contribution in [0.2, 0.25) is 0 Å². The van der Waals surface area contributed by atoms with Gasteiger partial charge in [-0.1, -0.05) is 12.2 Å². The van der Waals surface area contributed by atoms with Crippen molar-refractivity contribution in [3.63, 3.8) is 0 Å². The van der Waals surface area contributed by atoms with Crippen LogP contribution in [0.1, 0.15) is 13.8 Å². The molecule has 5 heteroatoms. The first-order valence-corrected chi connectivity index (χ1v) is 4.65. The van der Waals surface area contributed by atoms with E-state index in [9.17, 15) is 4.39 Å². The first-order valence-electron chi connectivity index (χ1n) is 4.24. The average molecular weight is 211 g/mol. The van der Waals surface area contributed by atoms with E-state index >= 15 is 0 Å². The van der Waals surface area contributed by atoms with Gasteiger partial charge in [0.15, 0.2) is 5.82 Å². The van der Waals surface area contributed by atoms with E-state index in [1.54, 1.807) is 6.20 Å². The van der Waals surface area contributed by atoms with Crippen LogP contribution in [0.4, 0.5) is 15.8 Å². The second-order valence-electron chi connectivity index (χ2n) is 3.75. The van der Waals surface area contributed by atoms with Gasteiger partial charge < -0.3 is 10.6 Å². The first-order chi connectivity index (χ1) is 6.50. The lowest BCUT2D eigenvalue weighted by molar-refractivity contribution is 0.623. The fourth-order valence-electron chi connectivity index (χ4n) is 1.32. The maximum atomic E-state index is 13.3. The molecule has 3 nitrogen and oxygen atoms in total. The molecule has 2 heterocycles. The number of pyridine rings is 1. The van der Waals surface area contributed by atoms with E-state index in [-0.39, 0.29) is 5.54 Å². The lowest BCUT2D eigenvalue weighted by atomic mass is 10.0. The van der Waals surface area contributed by atoms with Crippen LogP contribution in [0.25, 0.3) is 0 Å². The van der Waals surface area contributed by atoms with Gasteiger partial charge in [0.25, 0.3) is 0 Å². The highest BCUT2D eigenvalue weighted by Gasteiger charge is 2.30. The lowest BCUT2D eigenvalue weighted by Gasteiger charge is -2.34. The van der Waals surface area contributed by atoms with E-state index in [0.29, 0.717) is 16.4 Å². The fourth-order valence-corrected chi connectivity index (χ4v) is 1.47. The van der Waals surface area contributed by atoms with E-state index in [1.165, 1.54) is 0 Å². The Morgan fingerprint density at radius 3 is 2.86 bits per heavy atom. The number of rotatable bonds is 0. The van der Waals surface area contributed by atoms with Gasteiger partial charge >= 0.3 is 0 Å². The van der Waals surface area contributed by atoms with Crippen molar-refractivity contribution in [1.29, 1.82) is 0 Å². The average Bonchev–Trinajstić information content (AvgIpc) is 2.08. The predicted molar refractivity (Wildman–Crippen MR) is 58.1 cm³/mol. The van der Waals surface area contributed by atoms with Crippen LogP contribution in [0.15, 0.2) is 12.4 Å². The van der Waals surface area contributed by atoms with Gasteiger partial charge in [0.2, 0.25) is 0 Å². The maximum absolute atomic E-state index is 13.3. The molecule has 2 N–H and O–H groups in total. The standard InChI is InChI=1S/C9H10FN3S/c1-9(2)8(14)12-7-5(10)3-11-4-6(7)13-9/h3-4,13H,1-2H3,(H,12,14). The third kappa shape index (κ3) is 1.33. The third-order valence-corrected chi connectivity index (χ3v) is 2.77. The fraction of sp³-hybridized carbons (Fsp3) is 0.333. The highest BCUT2D eigenvalue weighted by Crippen LogP contribution is 2.32. The van der Waals surface area contributed by atoms with Crippen LogP contribution >= 0.6 is 12.2 Å². The Hall–Kier alpha value is -1.23. The number of fused-ring (bicyclic) bond motifs is 1. The van der Waals surface area contributed by atoms with Crippen molar-refractivity contribution >= 4 is 28.6 Å². The Balaban J connectivity index is 2.51. The minimum atomic E-state index is -0.396. The molecule has 0 aromatic carbocycles. The summed E-state index contributed by atoms with van der Waals surface area (Å²) in [4.78, 5) is 4.35. The molecule has 1 aliphatic rings. The van der Waals surface area contributed by atoms with Crippen LogP contribution in [-0.4, -0.2) is 15.5 Å². The Kier molecular flexibility index (Phi) is 1.92. The van der Waals surface area contributed by atoms with Crippen molar-refractivity contribution in [1.82, 2.24) is 4.98 Å². The molecule has 1 aromatic rings. The van der Waals surface area contributed by atoms with Crippen molar-refractivity contribution < 1.29 is 4.39 Å². The summed E-state index contributed by atoms with van der Waals surface area (Å²) in [6.45, 7) is 3.85. The SMILES string of the molecule is CC1(C)Nc2cncc(F)c2NC1=S. The Bertz CT molecular complexity index is 403. The van der Waals surface area contributed by atoms with E-state index in [2.05, 4.69) is 15.6 Å². The zero-order valence-corrected chi connectivity index (χ0v) is 8.70. The molecule has 0 amide bonds. The number of hydrogen-bond donors (Lipinski definition) is 2. The molecule has 0 unspecified atom stereocenters. The monoisotopic (exact) mass is 211 g/mol. The number of anilines is 2. The van der Waals surface area contributed by atoms with Crippen molar-refractivity contribution in [3.8, 4) is 0 Å². The minimum absolute atomic E-state index is 0.363. The second-order valence-corrected chi connectivity index (χ2v) is 4.16. The molecule has 0 aliphatic carbocycles. The highest BCUT2D eigenvalue weighted by molar-refractivity contribution is 7.80. The van der Waals surface area contributed by atoms with Gasteiger partial charge in [0, 0.05) is 0 Å². The van der Waals surface area contributed by atoms with Crippen molar-refractivity contribution in [3.05, 3.63) is 18.2 Å². The van der Waals surface area contributed by atoms with Crippen molar-refractivity contribution in [2.75, 3.05) is 10.6 Å². The van der Waals surface area contributed by atoms with Crippen LogP contribution in [0, 0.1) is 5.82 Å². The summed E-state index contributed by atoms with van der Waals surface area (Å²) in [6.07, 6.45) is 2.74. The molecule has 0 atom stereocenters. The van der Waals surface area contributed by atoms with Gasteiger partial charge in [-0.05, 0) is 13.8 Å². The summed E-state index contributed by atoms with van der Waals surface area (Å²) >= 11 is 5.12. The smallest absolute Gasteiger partial charge is 0.167 e. The number of thiocarbonyl (C=S) groups is 1. The van der Waals surface area contributed by atoms with E-state index in [0.717, 1.165) is 6.20 Å². The topological polar surface area (TPSA) is 37.0 Å². The summed E-state index contributed by atoms with van der Waals surface area (Å²) in [5.41, 5.74) is 0.658. The Labute approximate surface area is 86.7 Å². The lowest BCUT2D eigenvalue weighted by Crippen LogP contribution is -2.46. The van der Waals surface area contributed by atoms with Crippen molar-refractivity contribution in [2.24, 2.45) is 0 Å². The Morgan fingerprint density at radius 2 is 2.14 bits per heavy atom. The van der Waals surface area contributed by atoms with Gasteiger partial charge in [-0.2, -0.15) is 0 Å². The summed E-state index contributed by atoms with van der Waals surface area (Å²) in [6, 6.07) is 0. The Morgan fingerprint density at radius 1 is 1.43 bits per heavy atom. The van der Waals surface area contributed by atoms with Crippen molar-refractivity contribution in [2.45, 2.75) is 19.4 Å². The number of halogens is 1. The molecule has 1 aliphatic heterocycles. The van der Waals surface area contributed by atoms with Crippen LogP contribution < -0.4 is 10.6 Å². The quantitative estimate of drug-likeness (QED) is 0.645. The van der Waals surface area contributed by atoms with Gasteiger partial charge in [0.05, 0.1) is 23.6 Å².